The minimum atomic E-state index is -0.675. The molecule has 0 aliphatic carbocycles. The first-order valence-corrected chi connectivity index (χ1v) is 9.48. The van der Waals surface area contributed by atoms with Gasteiger partial charge in [-0.25, -0.2) is 8.78 Å². The second-order valence-electron chi connectivity index (χ2n) is 6.33. The van der Waals surface area contributed by atoms with Crippen molar-refractivity contribution < 1.29 is 23.1 Å². The molecule has 2 rings (SSSR count). The topological polar surface area (TPSA) is 49.9 Å². The molecule has 0 radical (unpaired) electrons. The summed E-state index contributed by atoms with van der Waals surface area (Å²) < 4.78 is 31.6. The summed E-state index contributed by atoms with van der Waals surface area (Å²) in [6, 6.07) is 10.8. The Morgan fingerprint density at radius 3 is 2.36 bits per heavy atom. The van der Waals surface area contributed by atoms with E-state index in [9.17, 15) is 18.4 Å². The van der Waals surface area contributed by atoms with Crippen molar-refractivity contribution >= 4 is 29.3 Å². The highest BCUT2D eigenvalue weighted by molar-refractivity contribution is 8.00. The first kappa shape index (κ1) is 21.7. The van der Waals surface area contributed by atoms with Crippen LogP contribution in [0.5, 0.6) is 0 Å². The van der Waals surface area contributed by atoms with E-state index < -0.39 is 24.2 Å². The first-order valence-electron chi connectivity index (χ1n) is 8.50. The molecule has 5 nitrogen and oxygen atoms in total. The molecule has 0 aliphatic heterocycles. The predicted octanol–water partition coefficient (Wildman–Crippen LogP) is 3.32. The number of halogens is 2. The van der Waals surface area contributed by atoms with Crippen LogP contribution in [-0.4, -0.2) is 50.3 Å². The van der Waals surface area contributed by atoms with Crippen LogP contribution in [0.4, 0.5) is 14.5 Å². The Morgan fingerprint density at radius 2 is 1.71 bits per heavy atom. The van der Waals surface area contributed by atoms with E-state index in [0.29, 0.717) is 6.54 Å². The largest absolute Gasteiger partial charge is 0.455 e. The van der Waals surface area contributed by atoms with Gasteiger partial charge in [-0.3, -0.25) is 9.59 Å². The number of hydrogen-bond donors (Lipinski definition) is 0. The zero-order valence-electron chi connectivity index (χ0n) is 15.9. The predicted molar refractivity (Wildman–Crippen MR) is 105 cm³/mol. The normalized spacial score (nSPS) is 10.5. The maximum Gasteiger partial charge on any atom is 0.316 e. The van der Waals surface area contributed by atoms with E-state index in [1.54, 1.807) is 7.05 Å². The molecular weight excluding hydrogens is 386 g/mol. The van der Waals surface area contributed by atoms with Crippen molar-refractivity contribution in [2.24, 2.45) is 0 Å². The van der Waals surface area contributed by atoms with E-state index in [-0.39, 0.29) is 16.6 Å². The lowest BCUT2D eigenvalue weighted by molar-refractivity contribution is -0.149. The van der Waals surface area contributed by atoms with Crippen molar-refractivity contribution in [2.75, 3.05) is 38.4 Å². The van der Waals surface area contributed by atoms with Gasteiger partial charge < -0.3 is 14.5 Å². The SMILES string of the molecule is CN(Cc1ccc(N(C)C)cc1)C(=O)COC(=O)CSc1cc(F)ccc1F. The highest BCUT2D eigenvalue weighted by atomic mass is 32.2. The van der Waals surface area contributed by atoms with Crippen LogP contribution in [0.25, 0.3) is 0 Å². The third kappa shape index (κ3) is 6.53. The van der Waals surface area contributed by atoms with Crippen LogP contribution < -0.4 is 4.90 Å². The van der Waals surface area contributed by atoms with E-state index in [1.165, 1.54) is 4.90 Å². The molecule has 0 heterocycles. The summed E-state index contributed by atoms with van der Waals surface area (Å²) in [7, 11) is 5.51. The van der Waals surface area contributed by atoms with Crippen LogP contribution in [0.3, 0.4) is 0 Å². The lowest BCUT2D eigenvalue weighted by Gasteiger charge is -2.18. The van der Waals surface area contributed by atoms with Gasteiger partial charge in [0.05, 0.1) is 5.75 Å². The number of benzene rings is 2. The van der Waals surface area contributed by atoms with Gasteiger partial charge >= 0.3 is 5.97 Å². The Morgan fingerprint density at radius 1 is 1.04 bits per heavy atom. The quantitative estimate of drug-likeness (QED) is 0.495. The number of ether oxygens (including phenoxy) is 1. The molecule has 2 aromatic rings. The molecule has 0 fully saturated rings. The Labute approximate surface area is 167 Å². The van der Waals surface area contributed by atoms with E-state index in [4.69, 9.17) is 4.74 Å². The monoisotopic (exact) mass is 408 g/mol. The fraction of sp³-hybridized carbons (Fsp3) is 0.300. The maximum absolute atomic E-state index is 13.5. The molecule has 8 heteroatoms. The highest BCUT2D eigenvalue weighted by Crippen LogP contribution is 2.22. The summed E-state index contributed by atoms with van der Waals surface area (Å²) in [6.45, 7) is -0.0232. The number of esters is 1. The molecule has 0 N–H and O–H groups in total. The first-order chi connectivity index (χ1) is 13.3. The van der Waals surface area contributed by atoms with Crippen molar-refractivity contribution in [1.82, 2.24) is 4.90 Å². The van der Waals surface area contributed by atoms with Gasteiger partial charge in [0.15, 0.2) is 6.61 Å². The van der Waals surface area contributed by atoms with Gasteiger partial charge in [0, 0.05) is 38.3 Å². The van der Waals surface area contributed by atoms with Gasteiger partial charge in [0.1, 0.15) is 11.6 Å². The van der Waals surface area contributed by atoms with Gasteiger partial charge in [0.25, 0.3) is 5.91 Å². The fourth-order valence-corrected chi connectivity index (χ4v) is 3.04. The Bertz CT molecular complexity index is 829. The number of carbonyl (C=O) groups excluding carboxylic acids is 2. The Hall–Kier alpha value is -2.61. The van der Waals surface area contributed by atoms with Gasteiger partial charge in [-0.15, -0.1) is 11.8 Å². The third-order valence-electron chi connectivity index (χ3n) is 3.89. The smallest absolute Gasteiger partial charge is 0.316 e. The number of anilines is 1. The van der Waals surface area contributed by atoms with E-state index in [2.05, 4.69) is 0 Å². The number of rotatable bonds is 8. The van der Waals surface area contributed by atoms with E-state index >= 15 is 0 Å². The van der Waals surface area contributed by atoms with Crippen LogP contribution in [0.1, 0.15) is 5.56 Å². The molecule has 0 unspecified atom stereocenters. The highest BCUT2D eigenvalue weighted by Gasteiger charge is 2.14. The molecule has 2 aromatic carbocycles. The van der Waals surface area contributed by atoms with Crippen molar-refractivity contribution in [3.05, 3.63) is 59.7 Å². The lowest BCUT2D eigenvalue weighted by Crippen LogP contribution is -2.31. The van der Waals surface area contributed by atoms with Gasteiger partial charge in [-0.1, -0.05) is 12.1 Å². The Balaban J connectivity index is 1.77. The molecular formula is C20H22F2N2O3S. The average molecular weight is 408 g/mol. The summed E-state index contributed by atoms with van der Waals surface area (Å²) in [5.41, 5.74) is 2.00. The van der Waals surface area contributed by atoms with E-state index in [0.717, 1.165) is 41.2 Å². The van der Waals surface area contributed by atoms with Crippen LogP contribution in [0.15, 0.2) is 47.4 Å². The minimum absolute atomic E-state index is 0.0153. The average Bonchev–Trinajstić information content (AvgIpc) is 2.67. The molecule has 28 heavy (non-hydrogen) atoms. The van der Waals surface area contributed by atoms with Crippen LogP contribution in [0.2, 0.25) is 0 Å². The lowest BCUT2D eigenvalue weighted by atomic mass is 10.2. The second kappa shape index (κ2) is 10.1. The van der Waals surface area contributed by atoms with Crippen molar-refractivity contribution in [3.8, 4) is 0 Å². The molecule has 0 aliphatic rings. The van der Waals surface area contributed by atoms with Crippen LogP contribution >= 0.6 is 11.8 Å². The number of likely N-dealkylation sites (N-methyl/N-ethyl adjacent to an activating group) is 1. The number of thioether (sulfide) groups is 1. The molecule has 0 bridgehead atoms. The van der Waals surface area contributed by atoms with Gasteiger partial charge in [-0.2, -0.15) is 0 Å². The van der Waals surface area contributed by atoms with Crippen molar-refractivity contribution in [3.63, 3.8) is 0 Å². The summed E-state index contributed by atoms with van der Waals surface area (Å²) in [6.07, 6.45) is 0. The second-order valence-corrected chi connectivity index (χ2v) is 7.35. The molecule has 150 valence electrons. The summed E-state index contributed by atoms with van der Waals surface area (Å²) in [4.78, 5) is 27.3. The van der Waals surface area contributed by atoms with E-state index in [1.807, 2.05) is 43.3 Å². The number of carbonyl (C=O) groups is 2. The minimum Gasteiger partial charge on any atom is -0.455 e. The van der Waals surface area contributed by atoms with Crippen molar-refractivity contribution in [2.45, 2.75) is 11.4 Å². The summed E-state index contributed by atoms with van der Waals surface area (Å²) in [5, 5.41) is 0. The maximum atomic E-state index is 13.5. The summed E-state index contributed by atoms with van der Waals surface area (Å²) >= 11 is 0.817. The third-order valence-corrected chi connectivity index (χ3v) is 4.90. The number of amides is 1. The molecule has 0 aromatic heterocycles. The van der Waals surface area contributed by atoms with Crippen LogP contribution in [0, 0.1) is 11.6 Å². The molecule has 0 spiro atoms. The van der Waals surface area contributed by atoms with Crippen LogP contribution in [-0.2, 0) is 20.9 Å². The molecule has 0 atom stereocenters. The molecule has 0 saturated carbocycles. The van der Waals surface area contributed by atoms with Gasteiger partial charge in [0.2, 0.25) is 0 Å². The number of hydrogen-bond acceptors (Lipinski definition) is 5. The molecule has 0 saturated heterocycles. The Kier molecular flexibility index (Phi) is 7.80. The van der Waals surface area contributed by atoms with Crippen molar-refractivity contribution in [1.29, 1.82) is 0 Å². The zero-order valence-corrected chi connectivity index (χ0v) is 16.8. The van der Waals surface area contributed by atoms with Gasteiger partial charge in [-0.05, 0) is 35.9 Å². The number of nitrogens with zero attached hydrogens (tertiary/aromatic N) is 2. The zero-order chi connectivity index (χ0) is 20.7. The fourth-order valence-electron chi connectivity index (χ4n) is 2.28. The molecule has 1 amide bonds. The standard InChI is InChI=1S/C20H22F2N2O3S/c1-23(2)16-7-4-14(5-8-16)11-24(3)19(25)12-27-20(26)13-28-18-10-15(21)6-9-17(18)22/h4-10H,11-13H2,1-3H3. The summed E-state index contributed by atoms with van der Waals surface area (Å²) in [5.74, 6) is -2.45.